The molecule has 1 unspecified atom stereocenters. The number of ether oxygens (including phenoxy) is 1. The van der Waals surface area contributed by atoms with Crippen LogP contribution in [0.1, 0.15) is 17.2 Å². The Balaban J connectivity index is 1.87. The summed E-state index contributed by atoms with van der Waals surface area (Å²) in [5, 5.41) is 18.2. The van der Waals surface area contributed by atoms with Gasteiger partial charge in [0.05, 0.1) is 20.2 Å². The number of aromatic nitrogens is 3. The van der Waals surface area contributed by atoms with Crippen molar-refractivity contribution in [2.24, 2.45) is 0 Å². The summed E-state index contributed by atoms with van der Waals surface area (Å²) in [5.74, 6) is 1.30. The number of rotatable bonds is 4. The largest absolute Gasteiger partial charge is 0.497 e. The molecule has 2 aromatic rings. The lowest BCUT2D eigenvalue weighted by Crippen LogP contribution is -2.47. The van der Waals surface area contributed by atoms with Crippen molar-refractivity contribution in [3.8, 4) is 5.75 Å². The Morgan fingerprint density at radius 3 is 2.91 bits per heavy atom. The summed E-state index contributed by atoms with van der Waals surface area (Å²) < 4.78 is 6.99. The Labute approximate surface area is 138 Å². The number of carbonyl (C=O) groups is 1. The maximum atomic E-state index is 11.6. The molecule has 0 radical (unpaired) electrons. The lowest BCUT2D eigenvalue weighted by Gasteiger charge is -2.33. The van der Waals surface area contributed by atoms with E-state index in [4.69, 9.17) is 16.3 Å². The molecule has 23 heavy (non-hydrogen) atoms. The summed E-state index contributed by atoms with van der Waals surface area (Å²) in [6, 6.07) is 4.75. The van der Waals surface area contributed by atoms with Gasteiger partial charge < -0.3 is 14.4 Å². The van der Waals surface area contributed by atoms with Crippen LogP contribution in [0.15, 0.2) is 18.2 Å². The van der Waals surface area contributed by atoms with Gasteiger partial charge in [0.15, 0.2) is 0 Å². The van der Waals surface area contributed by atoms with Gasteiger partial charge in [0.25, 0.3) is 0 Å². The number of nitrogens with zero attached hydrogens (tertiary/aromatic N) is 4. The molecule has 0 fully saturated rings. The number of hydrogen-bond acceptors (Lipinski definition) is 5. The monoisotopic (exact) mass is 336 g/mol. The number of methoxy groups -OCH3 is 1. The van der Waals surface area contributed by atoms with Crippen molar-refractivity contribution < 1.29 is 14.6 Å². The summed E-state index contributed by atoms with van der Waals surface area (Å²) in [7, 11) is 1.57. The second kappa shape index (κ2) is 6.17. The fourth-order valence-electron chi connectivity index (χ4n) is 2.76. The molecule has 3 rings (SSSR count). The highest BCUT2D eigenvalue weighted by molar-refractivity contribution is 6.31. The van der Waals surface area contributed by atoms with E-state index in [1.54, 1.807) is 13.2 Å². The van der Waals surface area contributed by atoms with Gasteiger partial charge in [0.2, 0.25) is 0 Å². The predicted molar refractivity (Wildman–Crippen MR) is 83.4 cm³/mol. The zero-order valence-electron chi connectivity index (χ0n) is 12.9. The number of aliphatic carboxylic acids is 1. The maximum Gasteiger partial charge on any atom is 0.322 e. The van der Waals surface area contributed by atoms with Crippen molar-refractivity contribution >= 4 is 17.6 Å². The number of benzene rings is 1. The Morgan fingerprint density at radius 1 is 1.48 bits per heavy atom. The zero-order chi connectivity index (χ0) is 16.6. The van der Waals surface area contributed by atoms with E-state index in [0.717, 1.165) is 17.2 Å². The van der Waals surface area contributed by atoms with Gasteiger partial charge in [-0.05, 0) is 24.6 Å². The molecule has 1 aliphatic heterocycles. The van der Waals surface area contributed by atoms with Gasteiger partial charge in [0.1, 0.15) is 23.4 Å². The van der Waals surface area contributed by atoms with Gasteiger partial charge in [-0.15, -0.1) is 10.2 Å². The van der Waals surface area contributed by atoms with Crippen LogP contribution in [0, 0.1) is 6.92 Å². The molecule has 1 aromatic heterocycles. The third-order valence-electron chi connectivity index (χ3n) is 4.07. The number of halogens is 1. The molecule has 8 heteroatoms. The molecule has 1 atom stereocenters. The molecule has 0 saturated carbocycles. The molecular formula is C15H17ClN4O3. The molecule has 0 saturated heterocycles. The Bertz CT molecular complexity index is 746. The van der Waals surface area contributed by atoms with Crippen LogP contribution >= 0.6 is 11.6 Å². The van der Waals surface area contributed by atoms with Crippen LogP contribution in [0.25, 0.3) is 0 Å². The third kappa shape index (κ3) is 3.02. The van der Waals surface area contributed by atoms with Crippen molar-refractivity contribution in [3.05, 3.63) is 40.4 Å². The standard InChI is InChI=1S/C15H17ClN4O3/c1-9-17-18-14-8-19(13(15(21)22)7-20(9)14)6-10-3-4-11(23-2)5-12(10)16/h3-5,13H,6-8H2,1-2H3,(H,21,22). The first-order valence-electron chi connectivity index (χ1n) is 7.17. The molecule has 0 amide bonds. The fourth-order valence-corrected chi connectivity index (χ4v) is 2.99. The highest BCUT2D eigenvalue weighted by Gasteiger charge is 2.33. The molecule has 0 bridgehead atoms. The van der Waals surface area contributed by atoms with Gasteiger partial charge in [-0.25, -0.2) is 0 Å². The second-order valence-corrected chi connectivity index (χ2v) is 5.90. The minimum Gasteiger partial charge on any atom is -0.497 e. The van der Waals surface area contributed by atoms with E-state index >= 15 is 0 Å². The molecule has 0 aliphatic carbocycles. The highest BCUT2D eigenvalue weighted by atomic mass is 35.5. The molecule has 1 aromatic carbocycles. The lowest BCUT2D eigenvalue weighted by molar-refractivity contribution is -0.145. The van der Waals surface area contributed by atoms with Crippen LogP contribution in [0.3, 0.4) is 0 Å². The van der Waals surface area contributed by atoms with E-state index in [-0.39, 0.29) is 0 Å². The van der Waals surface area contributed by atoms with E-state index in [0.29, 0.717) is 30.4 Å². The van der Waals surface area contributed by atoms with Crippen molar-refractivity contribution in [1.29, 1.82) is 0 Å². The lowest BCUT2D eigenvalue weighted by atomic mass is 10.1. The van der Waals surface area contributed by atoms with Crippen LogP contribution in [-0.2, 0) is 24.4 Å². The summed E-state index contributed by atoms with van der Waals surface area (Å²) >= 11 is 6.27. The number of fused-ring (bicyclic) bond motifs is 1. The van der Waals surface area contributed by atoms with Crippen LogP contribution < -0.4 is 4.74 Å². The van der Waals surface area contributed by atoms with Crippen molar-refractivity contribution in [2.75, 3.05) is 7.11 Å². The van der Waals surface area contributed by atoms with Crippen molar-refractivity contribution in [2.45, 2.75) is 32.6 Å². The second-order valence-electron chi connectivity index (χ2n) is 5.49. The van der Waals surface area contributed by atoms with Gasteiger partial charge in [0, 0.05) is 11.6 Å². The normalized spacial score (nSPS) is 17.8. The van der Waals surface area contributed by atoms with E-state index in [2.05, 4.69) is 10.2 Å². The summed E-state index contributed by atoms with van der Waals surface area (Å²) in [4.78, 5) is 13.5. The quantitative estimate of drug-likeness (QED) is 0.915. The number of aryl methyl sites for hydroxylation is 1. The minimum absolute atomic E-state index is 0.331. The average molecular weight is 337 g/mol. The van der Waals surface area contributed by atoms with Crippen molar-refractivity contribution in [1.82, 2.24) is 19.7 Å². The molecule has 2 heterocycles. The van der Waals surface area contributed by atoms with Crippen LogP contribution in [0.5, 0.6) is 5.75 Å². The van der Waals surface area contributed by atoms with Crippen LogP contribution in [0.4, 0.5) is 0 Å². The third-order valence-corrected chi connectivity index (χ3v) is 4.42. The Morgan fingerprint density at radius 2 is 2.26 bits per heavy atom. The Kier molecular flexibility index (Phi) is 4.23. The Hall–Kier alpha value is -2.12. The average Bonchev–Trinajstić information content (AvgIpc) is 2.89. The first-order valence-corrected chi connectivity index (χ1v) is 7.55. The van der Waals surface area contributed by atoms with Crippen LogP contribution in [0.2, 0.25) is 5.02 Å². The zero-order valence-corrected chi connectivity index (χ0v) is 13.6. The van der Waals surface area contributed by atoms with Gasteiger partial charge >= 0.3 is 5.97 Å². The topological polar surface area (TPSA) is 80.5 Å². The van der Waals surface area contributed by atoms with Gasteiger partial charge in [-0.2, -0.15) is 0 Å². The van der Waals surface area contributed by atoms with E-state index in [1.807, 2.05) is 28.5 Å². The maximum absolute atomic E-state index is 11.6. The van der Waals surface area contributed by atoms with E-state index < -0.39 is 12.0 Å². The molecule has 0 spiro atoms. The summed E-state index contributed by atoms with van der Waals surface area (Å²) in [6.45, 7) is 2.99. The first-order chi connectivity index (χ1) is 11.0. The minimum atomic E-state index is -0.867. The number of carboxylic acids is 1. The SMILES string of the molecule is COc1ccc(CN2Cc3nnc(C)n3CC2C(=O)O)c(Cl)c1. The predicted octanol–water partition coefficient (Wildman–Crippen LogP) is 1.72. The van der Waals surface area contributed by atoms with Crippen molar-refractivity contribution in [3.63, 3.8) is 0 Å². The number of hydrogen-bond donors (Lipinski definition) is 1. The van der Waals surface area contributed by atoms with Gasteiger partial charge in [-0.3, -0.25) is 9.69 Å². The van der Waals surface area contributed by atoms with Gasteiger partial charge in [-0.1, -0.05) is 17.7 Å². The molecule has 122 valence electrons. The first kappa shape index (κ1) is 15.8. The number of carboxylic acid groups (broad SMARTS) is 1. The smallest absolute Gasteiger partial charge is 0.322 e. The van der Waals surface area contributed by atoms with Crippen LogP contribution in [-0.4, -0.2) is 43.9 Å². The summed E-state index contributed by atoms with van der Waals surface area (Å²) in [5.41, 5.74) is 0.850. The molecule has 1 N–H and O–H groups in total. The fraction of sp³-hybridized carbons (Fsp3) is 0.400. The highest BCUT2D eigenvalue weighted by Crippen LogP contribution is 2.26. The molecule has 7 nitrogen and oxygen atoms in total. The van der Waals surface area contributed by atoms with E-state index in [1.165, 1.54) is 0 Å². The molecule has 1 aliphatic rings. The summed E-state index contributed by atoms with van der Waals surface area (Å²) in [6.07, 6.45) is 0. The molecular weight excluding hydrogens is 320 g/mol. The van der Waals surface area contributed by atoms with E-state index in [9.17, 15) is 9.90 Å².